The Kier molecular flexibility index (Phi) is 11.7. The van der Waals surface area contributed by atoms with Crippen LogP contribution in [0.25, 0.3) is 11.1 Å². The maximum absolute atomic E-state index is 13.5. The second kappa shape index (κ2) is 15.2. The summed E-state index contributed by atoms with van der Waals surface area (Å²) in [7, 11) is 5.34. The lowest BCUT2D eigenvalue weighted by molar-refractivity contribution is -0.131. The van der Waals surface area contributed by atoms with Crippen LogP contribution in [-0.2, 0) is 27.2 Å². The largest absolute Gasteiger partial charge is 0.508 e. The van der Waals surface area contributed by atoms with Crippen LogP contribution in [0.4, 0.5) is 0 Å². The van der Waals surface area contributed by atoms with E-state index in [1.807, 2.05) is 50.5 Å². The quantitative estimate of drug-likeness (QED) is 0.218. The highest BCUT2D eigenvalue weighted by Gasteiger charge is 2.28. The number of phenols is 1. The van der Waals surface area contributed by atoms with Crippen LogP contribution in [0.15, 0.2) is 42.5 Å². The molecule has 212 valence electrons. The molecule has 2 aromatic carbocycles. The normalized spacial score (nSPS) is 19.8. The number of carbonyl (C=O) groups excluding carboxylic acids is 3. The Morgan fingerprint density at radius 1 is 0.923 bits per heavy atom. The molecule has 3 rings (SSSR count). The Bertz CT molecular complexity index is 1120. The molecular weight excluding hydrogens is 496 g/mol. The van der Waals surface area contributed by atoms with E-state index in [2.05, 4.69) is 31.9 Å². The van der Waals surface area contributed by atoms with E-state index in [4.69, 9.17) is 0 Å². The minimum absolute atomic E-state index is 0.110. The Morgan fingerprint density at radius 2 is 1.69 bits per heavy atom. The van der Waals surface area contributed by atoms with E-state index >= 15 is 0 Å². The van der Waals surface area contributed by atoms with Crippen molar-refractivity contribution in [1.29, 1.82) is 0 Å². The van der Waals surface area contributed by atoms with Gasteiger partial charge in [-0.1, -0.05) is 30.3 Å². The van der Waals surface area contributed by atoms with Crippen molar-refractivity contribution in [1.82, 2.24) is 31.9 Å². The van der Waals surface area contributed by atoms with Crippen LogP contribution < -0.4 is 31.9 Å². The molecule has 0 aliphatic carbocycles. The molecule has 0 aromatic heterocycles. The van der Waals surface area contributed by atoms with Crippen molar-refractivity contribution in [2.75, 3.05) is 40.8 Å². The predicted molar refractivity (Wildman–Crippen MR) is 152 cm³/mol. The van der Waals surface area contributed by atoms with Crippen molar-refractivity contribution in [3.8, 4) is 16.9 Å². The van der Waals surface area contributed by atoms with Gasteiger partial charge in [0.05, 0.1) is 6.04 Å². The molecule has 39 heavy (non-hydrogen) atoms. The Hall–Kier alpha value is -3.47. The number of fused-ring (bicyclic) bond motifs is 5. The fourth-order valence-electron chi connectivity index (χ4n) is 4.76. The van der Waals surface area contributed by atoms with Crippen LogP contribution in [0.1, 0.15) is 30.4 Å². The second-order valence-corrected chi connectivity index (χ2v) is 9.96. The number of amides is 3. The fourth-order valence-corrected chi connectivity index (χ4v) is 4.76. The number of carbonyl (C=O) groups is 3. The highest BCUT2D eigenvalue weighted by atomic mass is 16.3. The zero-order chi connectivity index (χ0) is 28.2. The average molecular weight is 539 g/mol. The standard InChI is InChI=1S/C29H42N6O4/c1-30-11-5-8-24-28(38)34-23(18-27(37)33-13-12-31-2)15-19-6-4-7-20(14-19)21-9-10-26(36)22(16-21)17-25(32-3)29(39)35-24/h4,6-7,9-10,14,16,23-25,30-32,36H,5,8,11-13,15,17-18H2,1-3H3,(H,33,37)(H,34,38)(H,35,39)/t23-,24-,25-/m0/s1. The van der Waals surface area contributed by atoms with E-state index in [0.717, 1.165) is 16.7 Å². The number of likely N-dealkylation sites (N-methyl/N-ethyl adjacent to an activating group) is 2. The van der Waals surface area contributed by atoms with Crippen molar-refractivity contribution < 1.29 is 19.5 Å². The third-order valence-corrected chi connectivity index (χ3v) is 6.94. The van der Waals surface area contributed by atoms with E-state index in [1.165, 1.54) is 0 Å². The van der Waals surface area contributed by atoms with E-state index in [0.29, 0.717) is 44.5 Å². The first-order chi connectivity index (χ1) is 18.8. The first kappa shape index (κ1) is 30.1. The summed E-state index contributed by atoms with van der Waals surface area (Å²) in [5, 5.41) is 28.5. The van der Waals surface area contributed by atoms with Gasteiger partial charge in [0, 0.05) is 32.0 Å². The van der Waals surface area contributed by atoms with Crippen LogP contribution in [0.2, 0.25) is 0 Å². The molecule has 0 saturated carbocycles. The molecule has 3 atom stereocenters. The third-order valence-electron chi connectivity index (χ3n) is 6.94. The van der Waals surface area contributed by atoms with E-state index < -0.39 is 18.1 Å². The minimum Gasteiger partial charge on any atom is -0.508 e. The molecule has 7 N–H and O–H groups in total. The van der Waals surface area contributed by atoms with Crippen molar-refractivity contribution in [3.05, 3.63) is 53.6 Å². The van der Waals surface area contributed by atoms with Gasteiger partial charge in [-0.25, -0.2) is 0 Å². The average Bonchev–Trinajstić information content (AvgIpc) is 2.91. The summed E-state index contributed by atoms with van der Waals surface area (Å²) in [5.74, 6) is -0.695. The highest BCUT2D eigenvalue weighted by Crippen LogP contribution is 2.28. The van der Waals surface area contributed by atoms with Crippen molar-refractivity contribution in [2.45, 2.75) is 50.2 Å². The minimum atomic E-state index is -0.770. The summed E-state index contributed by atoms with van der Waals surface area (Å²) in [4.78, 5) is 39.5. The summed E-state index contributed by atoms with van der Waals surface area (Å²) in [5.41, 5.74) is 3.46. The molecule has 0 saturated heterocycles. The first-order valence-corrected chi connectivity index (χ1v) is 13.6. The summed E-state index contributed by atoms with van der Waals surface area (Å²) < 4.78 is 0. The lowest BCUT2D eigenvalue weighted by atomic mass is 9.95. The Morgan fingerprint density at radius 3 is 2.44 bits per heavy atom. The van der Waals surface area contributed by atoms with Gasteiger partial charge in [-0.05, 0) is 81.3 Å². The molecule has 0 unspecified atom stereocenters. The van der Waals surface area contributed by atoms with Crippen molar-refractivity contribution in [2.24, 2.45) is 0 Å². The van der Waals surface area contributed by atoms with Gasteiger partial charge >= 0.3 is 0 Å². The van der Waals surface area contributed by atoms with Crippen molar-refractivity contribution in [3.63, 3.8) is 0 Å². The third kappa shape index (κ3) is 9.05. The smallest absolute Gasteiger partial charge is 0.242 e. The fraction of sp³-hybridized carbons (Fsp3) is 0.483. The van der Waals surface area contributed by atoms with Crippen LogP contribution in [-0.4, -0.2) is 81.7 Å². The lowest BCUT2D eigenvalue weighted by Gasteiger charge is -2.25. The molecule has 0 spiro atoms. The molecular formula is C29H42N6O4. The number of hydrogen-bond acceptors (Lipinski definition) is 7. The van der Waals surface area contributed by atoms with E-state index in [-0.39, 0.29) is 36.3 Å². The van der Waals surface area contributed by atoms with Crippen molar-refractivity contribution >= 4 is 17.7 Å². The summed E-state index contributed by atoms with van der Waals surface area (Å²) in [6.07, 6.45) is 1.92. The van der Waals surface area contributed by atoms with Gasteiger partial charge in [-0.2, -0.15) is 0 Å². The maximum atomic E-state index is 13.5. The SMILES string of the molecule is CNCCC[C@@H]1NC(=O)[C@@H](NC)Cc2cc(ccc2O)-c2cccc(c2)C[C@@H](CC(=O)NCCNC)NC1=O. The molecule has 0 radical (unpaired) electrons. The van der Waals surface area contributed by atoms with Gasteiger partial charge in [0.15, 0.2) is 0 Å². The zero-order valence-electron chi connectivity index (χ0n) is 23.1. The van der Waals surface area contributed by atoms with Crippen LogP contribution in [0, 0.1) is 0 Å². The highest BCUT2D eigenvalue weighted by molar-refractivity contribution is 5.90. The van der Waals surface area contributed by atoms with Gasteiger partial charge in [-0.3, -0.25) is 14.4 Å². The summed E-state index contributed by atoms with van der Waals surface area (Å²) in [6, 6.07) is 11.4. The lowest BCUT2D eigenvalue weighted by Crippen LogP contribution is -2.55. The number of hydrogen-bond donors (Lipinski definition) is 7. The zero-order valence-corrected chi connectivity index (χ0v) is 23.1. The second-order valence-electron chi connectivity index (χ2n) is 9.96. The van der Waals surface area contributed by atoms with Gasteiger partial charge in [0.2, 0.25) is 17.7 Å². The monoisotopic (exact) mass is 538 g/mol. The molecule has 10 nitrogen and oxygen atoms in total. The molecule has 2 aromatic rings. The van der Waals surface area contributed by atoms with Crippen LogP contribution in [0.3, 0.4) is 0 Å². The van der Waals surface area contributed by atoms with Gasteiger partial charge < -0.3 is 37.0 Å². The molecule has 0 fully saturated rings. The topological polar surface area (TPSA) is 144 Å². The molecule has 10 heteroatoms. The van der Waals surface area contributed by atoms with Gasteiger partial charge in [0.1, 0.15) is 11.8 Å². The number of aromatic hydroxyl groups is 1. The van der Waals surface area contributed by atoms with Gasteiger partial charge in [0.25, 0.3) is 0 Å². The summed E-state index contributed by atoms with van der Waals surface area (Å²) >= 11 is 0. The molecule has 4 bridgehead atoms. The molecule has 1 heterocycles. The van der Waals surface area contributed by atoms with E-state index in [9.17, 15) is 19.5 Å². The number of nitrogens with one attached hydrogen (secondary N) is 6. The number of benzene rings is 2. The Balaban J connectivity index is 1.98. The predicted octanol–water partition coefficient (Wildman–Crippen LogP) is 0.441. The molecule has 1 aliphatic rings. The number of phenolic OH excluding ortho intramolecular Hbond substituents is 1. The Labute approximate surface area is 230 Å². The summed E-state index contributed by atoms with van der Waals surface area (Å²) in [6.45, 7) is 1.83. The maximum Gasteiger partial charge on any atom is 0.242 e. The molecule has 3 amide bonds. The number of rotatable bonds is 10. The van der Waals surface area contributed by atoms with E-state index in [1.54, 1.807) is 13.1 Å². The molecule has 1 aliphatic heterocycles. The van der Waals surface area contributed by atoms with Crippen LogP contribution >= 0.6 is 0 Å². The van der Waals surface area contributed by atoms with Crippen LogP contribution in [0.5, 0.6) is 5.75 Å². The first-order valence-electron chi connectivity index (χ1n) is 13.6. The van der Waals surface area contributed by atoms with Gasteiger partial charge in [-0.15, -0.1) is 0 Å².